The monoisotopic (exact) mass is 248 g/mol. The number of rotatable bonds is 6. The molecule has 1 aromatic rings. The molecule has 0 aromatic heterocycles. The summed E-state index contributed by atoms with van der Waals surface area (Å²) in [5.74, 6) is 0.246. The summed E-state index contributed by atoms with van der Waals surface area (Å²) >= 11 is 0. The van der Waals surface area contributed by atoms with Crippen LogP contribution >= 0.6 is 0 Å². The first kappa shape index (κ1) is 13.3. The molecule has 0 amide bonds. The van der Waals surface area contributed by atoms with Crippen LogP contribution in [0.1, 0.15) is 18.4 Å². The summed E-state index contributed by atoms with van der Waals surface area (Å²) in [7, 11) is 0. The summed E-state index contributed by atoms with van der Waals surface area (Å²) in [5.41, 5.74) is 1.19. The van der Waals surface area contributed by atoms with Crippen LogP contribution < -0.4 is 0 Å². The summed E-state index contributed by atoms with van der Waals surface area (Å²) in [6.07, 6.45) is 5.29. The lowest BCUT2D eigenvalue weighted by molar-refractivity contribution is -0.0814. The van der Waals surface area contributed by atoms with E-state index in [9.17, 15) is 5.11 Å². The minimum Gasteiger partial charge on any atom is -0.373 e. The predicted octanol–water partition coefficient (Wildman–Crippen LogP) is 2.50. The first-order chi connectivity index (χ1) is 8.86. The Labute approximate surface area is 108 Å². The van der Waals surface area contributed by atoms with Gasteiger partial charge in [0, 0.05) is 5.92 Å². The molecule has 1 aromatic carbocycles. The predicted molar refractivity (Wildman–Crippen MR) is 69.9 cm³/mol. The Kier molecular flexibility index (Phi) is 5.39. The molecule has 1 aliphatic heterocycles. The third-order valence-electron chi connectivity index (χ3n) is 3.11. The maximum Gasteiger partial charge on any atom is 0.157 e. The molecule has 3 heteroatoms. The summed E-state index contributed by atoms with van der Waals surface area (Å²) < 4.78 is 10.6. The van der Waals surface area contributed by atoms with E-state index in [1.54, 1.807) is 0 Å². The van der Waals surface area contributed by atoms with Crippen LogP contribution in [0.2, 0.25) is 0 Å². The lowest BCUT2D eigenvalue weighted by Gasteiger charge is -2.09. The Balaban J connectivity index is 1.58. The topological polar surface area (TPSA) is 38.7 Å². The van der Waals surface area contributed by atoms with Crippen molar-refractivity contribution in [1.29, 1.82) is 0 Å². The largest absolute Gasteiger partial charge is 0.373 e. The SMILES string of the molecule is OC1OCC[C@@H]1C/C=C/COCc1ccccc1. The van der Waals surface area contributed by atoms with Crippen LogP contribution in [0.3, 0.4) is 0 Å². The molecule has 0 radical (unpaired) electrons. The van der Waals surface area contributed by atoms with Gasteiger partial charge in [-0.2, -0.15) is 0 Å². The highest BCUT2D eigenvalue weighted by Crippen LogP contribution is 2.22. The zero-order valence-electron chi connectivity index (χ0n) is 10.5. The van der Waals surface area contributed by atoms with E-state index in [1.165, 1.54) is 5.56 Å². The van der Waals surface area contributed by atoms with Gasteiger partial charge in [-0.1, -0.05) is 42.5 Å². The molecule has 18 heavy (non-hydrogen) atoms. The lowest BCUT2D eigenvalue weighted by Crippen LogP contribution is -2.13. The highest BCUT2D eigenvalue weighted by atomic mass is 16.6. The molecule has 3 nitrogen and oxygen atoms in total. The number of benzene rings is 1. The number of aliphatic hydroxyl groups excluding tert-OH is 1. The molecule has 0 saturated carbocycles. The van der Waals surface area contributed by atoms with E-state index >= 15 is 0 Å². The van der Waals surface area contributed by atoms with Crippen molar-refractivity contribution in [3.8, 4) is 0 Å². The Bertz CT molecular complexity index is 361. The van der Waals surface area contributed by atoms with Crippen molar-refractivity contribution >= 4 is 0 Å². The van der Waals surface area contributed by atoms with E-state index in [-0.39, 0.29) is 5.92 Å². The van der Waals surface area contributed by atoms with Crippen molar-refractivity contribution in [2.45, 2.75) is 25.7 Å². The molecule has 1 heterocycles. The van der Waals surface area contributed by atoms with Gasteiger partial charge in [-0.3, -0.25) is 0 Å². The Morgan fingerprint density at radius 1 is 1.28 bits per heavy atom. The average molecular weight is 248 g/mol. The molecule has 0 aliphatic carbocycles. The minimum absolute atomic E-state index is 0.246. The maximum absolute atomic E-state index is 9.45. The zero-order valence-corrected chi connectivity index (χ0v) is 10.5. The van der Waals surface area contributed by atoms with E-state index in [2.05, 4.69) is 18.2 Å². The van der Waals surface area contributed by atoms with Crippen LogP contribution in [-0.2, 0) is 16.1 Å². The fraction of sp³-hybridized carbons (Fsp3) is 0.467. The third kappa shape index (κ3) is 4.26. The molecule has 1 fully saturated rings. The molecular weight excluding hydrogens is 228 g/mol. The molecule has 98 valence electrons. The maximum atomic E-state index is 9.45. The van der Waals surface area contributed by atoms with Crippen LogP contribution in [0.15, 0.2) is 42.5 Å². The number of aliphatic hydroxyl groups is 1. The molecule has 1 saturated heterocycles. The number of hydrogen-bond acceptors (Lipinski definition) is 3. The second-order valence-electron chi connectivity index (χ2n) is 4.52. The number of hydrogen-bond donors (Lipinski definition) is 1. The molecule has 1 unspecified atom stereocenters. The Morgan fingerprint density at radius 2 is 2.11 bits per heavy atom. The van der Waals surface area contributed by atoms with Crippen LogP contribution in [0, 0.1) is 5.92 Å². The summed E-state index contributed by atoms with van der Waals surface area (Å²) in [6, 6.07) is 10.1. The van der Waals surface area contributed by atoms with Gasteiger partial charge in [0.15, 0.2) is 6.29 Å². The van der Waals surface area contributed by atoms with Gasteiger partial charge in [0.1, 0.15) is 0 Å². The standard InChI is InChI=1S/C15H20O3/c16-15-14(9-11-18-15)8-4-5-10-17-12-13-6-2-1-3-7-13/h1-7,14-16H,8-12H2/b5-4+/t14-,15?/m0/s1. The number of ether oxygens (including phenoxy) is 2. The second-order valence-corrected chi connectivity index (χ2v) is 4.52. The van der Waals surface area contributed by atoms with Crippen molar-refractivity contribution in [2.75, 3.05) is 13.2 Å². The van der Waals surface area contributed by atoms with Gasteiger partial charge < -0.3 is 14.6 Å². The van der Waals surface area contributed by atoms with Gasteiger partial charge in [-0.15, -0.1) is 0 Å². The molecule has 2 rings (SSSR count). The summed E-state index contributed by atoms with van der Waals surface area (Å²) in [5, 5.41) is 9.45. The van der Waals surface area contributed by atoms with Gasteiger partial charge in [0.05, 0.1) is 19.8 Å². The Hall–Kier alpha value is -1.16. The van der Waals surface area contributed by atoms with Gasteiger partial charge in [0.25, 0.3) is 0 Å². The van der Waals surface area contributed by atoms with E-state index in [1.807, 2.05) is 24.3 Å². The fourth-order valence-electron chi connectivity index (χ4n) is 2.01. The van der Waals surface area contributed by atoms with Crippen LogP contribution in [0.25, 0.3) is 0 Å². The van der Waals surface area contributed by atoms with Crippen LogP contribution in [-0.4, -0.2) is 24.6 Å². The van der Waals surface area contributed by atoms with Gasteiger partial charge in [-0.05, 0) is 18.4 Å². The lowest BCUT2D eigenvalue weighted by atomic mass is 10.0. The summed E-state index contributed by atoms with van der Waals surface area (Å²) in [6.45, 7) is 1.92. The van der Waals surface area contributed by atoms with Crippen molar-refractivity contribution in [2.24, 2.45) is 5.92 Å². The fourth-order valence-corrected chi connectivity index (χ4v) is 2.01. The van der Waals surface area contributed by atoms with Crippen LogP contribution in [0.5, 0.6) is 0 Å². The smallest absolute Gasteiger partial charge is 0.157 e. The second kappa shape index (κ2) is 7.31. The molecule has 1 aliphatic rings. The zero-order chi connectivity index (χ0) is 12.6. The highest BCUT2D eigenvalue weighted by Gasteiger charge is 2.24. The third-order valence-corrected chi connectivity index (χ3v) is 3.11. The minimum atomic E-state index is -0.583. The Morgan fingerprint density at radius 3 is 2.83 bits per heavy atom. The van der Waals surface area contributed by atoms with E-state index in [0.29, 0.717) is 19.8 Å². The van der Waals surface area contributed by atoms with Crippen LogP contribution in [0.4, 0.5) is 0 Å². The van der Waals surface area contributed by atoms with E-state index < -0.39 is 6.29 Å². The van der Waals surface area contributed by atoms with Gasteiger partial charge in [-0.25, -0.2) is 0 Å². The molecule has 0 spiro atoms. The van der Waals surface area contributed by atoms with Crippen molar-refractivity contribution in [3.63, 3.8) is 0 Å². The average Bonchev–Trinajstić information content (AvgIpc) is 2.81. The van der Waals surface area contributed by atoms with Crippen molar-refractivity contribution in [3.05, 3.63) is 48.0 Å². The van der Waals surface area contributed by atoms with E-state index in [4.69, 9.17) is 9.47 Å². The van der Waals surface area contributed by atoms with Crippen molar-refractivity contribution < 1.29 is 14.6 Å². The van der Waals surface area contributed by atoms with Gasteiger partial charge >= 0.3 is 0 Å². The highest BCUT2D eigenvalue weighted by molar-refractivity contribution is 5.13. The van der Waals surface area contributed by atoms with Crippen molar-refractivity contribution in [1.82, 2.24) is 0 Å². The molecule has 0 bridgehead atoms. The molecule has 2 atom stereocenters. The summed E-state index contributed by atoms with van der Waals surface area (Å²) in [4.78, 5) is 0. The normalized spacial score (nSPS) is 23.8. The quantitative estimate of drug-likeness (QED) is 0.621. The first-order valence-electron chi connectivity index (χ1n) is 6.42. The van der Waals surface area contributed by atoms with E-state index in [0.717, 1.165) is 12.8 Å². The molecular formula is C15H20O3. The first-order valence-corrected chi connectivity index (χ1v) is 6.42. The van der Waals surface area contributed by atoms with Gasteiger partial charge in [0.2, 0.25) is 0 Å². The number of allylic oxidation sites excluding steroid dienone is 1. The molecule has 1 N–H and O–H groups in total.